The zero-order chi connectivity index (χ0) is 19.7. The number of hydrogen-bond donors (Lipinski definition) is 2. The standard InChI is InChI=1S/C17H19FN4O4S/c1-20-14-13(15(25)21(2)17(20)26)22(7-10-3-5-11(18)6-4-10)16(19-14)27-9-12(24)8-23/h3-6,12,23-24H,7-9H2,1-2H3/t12-/m1/s1. The van der Waals surface area contributed by atoms with Crippen LogP contribution >= 0.6 is 11.8 Å². The third-order valence-corrected chi connectivity index (χ3v) is 5.30. The van der Waals surface area contributed by atoms with Crippen LogP contribution in [0.3, 0.4) is 0 Å². The number of fused-ring (bicyclic) bond motifs is 1. The minimum atomic E-state index is -0.944. The number of halogens is 1. The monoisotopic (exact) mass is 394 g/mol. The van der Waals surface area contributed by atoms with Gasteiger partial charge in [0.1, 0.15) is 5.82 Å². The first-order chi connectivity index (χ1) is 12.8. The van der Waals surface area contributed by atoms with Gasteiger partial charge in [-0.05, 0) is 17.7 Å². The predicted molar refractivity (Wildman–Crippen MR) is 99.5 cm³/mol. The van der Waals surface area contributed by atoms with Gasteiger partial charge in [-0.2, -0.15) is 0 Å². The SMILES string of the molecule is Cn1c(=O)c2c(nc(SC[C@H](O)CO)n2Cc2ccc(F)cc2)n(C)c1=O. The second-order valence-electron chi connectivity index (χ2n) is 6.13. The van der Waals surface area contributed by atoms with Crippen LogP contribution < -0.4 is 11.2 Å². The summed E-state index contributed by atoms with van der Waals surface area (Å²) in [5.74, 6) is -0.203. The Hall–Kier alpha value is -2.43. The van der Waals surface area contributed by atoms with E-state index in [0.29, 0.717) is 5.16 Å². The van der Waals surface area contributed by atoms with Gasteiger partial charge >= 0.3 is 5.69 Å². The van der Waals surface area contributed by atoms with Crippen molar-refractivity contribution < 1.29 is 14.6 Å². The van der Waals surface area contributed by atoms with Crippen molar-refractivity contribution in [3.8, 4) is 0 Å². The molecule has 0 saturated carbocycles. The molecule has 0 radical (unpaired) electrons. The smallest absolute Gasteiger partial charge is 0.332 e. The van der Waals surface area contributed by atoms with E-state index in [9.17, 15) is 19.1 Å². The summed E-state index contributed by atoms with van der Waals surface area (Å²) in [7, 11) is 2.91. The molecule has 1 aromatic carbocycles. The molecule has 0 aliphatic heterocycles. The van der Waals surface area contributed by atoms with Crippen LogP contribution in [-0.2, 0) is 20.6 Å². The van der Waals surface area contributed by atoms with Crippen LogP contribution in [0.2, 0.25) is 0 Å². The summed E-state index contributed by atoms with van der Waals surface area (Å²) >= 11 is 1.16. The van der Waals surface area contributed by atoms with Crippen LogP contribution in [-0.4, -0.2) is 47.4 Å². The van der Waals surface area contributed by atoms with Gasteiger partial charge in [-0.15, -0.1) is 0 Å². The van der Waals surface area contributed by atoms with E-state index in [-0.39, 0.29) is 29.3 Å². The van der Waals surface area contributed by atoms with Gasteiger partial charge in [0.25, 0.3) is 5.56 Å². The number of imidazole rings is 1. The number of aromatic nitrogens is 4. The zero-order valence-corrected chi connectivity index (χ0v) is 15.6. The van der Waals surface area contributed by atoms with Crippen molar-refractivity contribution in [1.29, 1.82) is 0 Å². The fourth-order valence-electron chi connectivity index (χ4n) is 2.68. The molecule has 0 spiro atoms. The first-order valence-electron chi connectivity index (χ1n) is 8.16. The predicted octanol–water partition coefficient (Wildman–Crippen LogP) is 0.0664. The third-order valence-electron chi connectivity index (χ3n) is 4.18. The number of aryl methyl sites for hydroxylation is 1. The Labute approximate surface area is 157 Å². The lowest BCUT2D eigenvalue weighted by molar-refractivity contribution is 0.113. The number of nitrogens with zero attached hydrogens (tertiary/aromatic N) is 4. The maximum Gasteiger partial charge on any atom is 0.332 e. The van der Waals surface area contributed by atoms with Gasteiger partial charge in [0, 0.05) is 19.8 Å². The quantitative estimate of drug-likeness (QED) is 0.574. The van der Waals surface area contributed by atoms with E-state index >= 15 is 0 Å². The summed E-state index contributed by atoms with van der Waals surface area (Å²) in [6, 6.07) is 5.85. The molecule has 10 heteroatoms. The maximum atomic E-state index is 13.2. The van der Waals surface area contributed by atoms with Crippen molar-refractivity contribution >= 4 is 22.9 Å². The number of rotatable bonds is 6. The van der Waals surface area contributed by atoms with E-state index in [1.807, 2.05) is 0 Å². The zero-order valence-electron chi connectivity index (χ0n) is 14.8. The van der Waals surface area contributed by atoms with Crippen molar-refractivity contribution in [3.63, 3.8) is 0 Å². The van der Waals surface area contributed by atoms with Gasteiger partial charge < -0.3 is 14.8 Å². The molecule has 8 nitrogen and oxygen atoms in total. The second kappa shape index (κ2) is 7.67. The third kappa shape index (κ3) is 3.68. The van der Waals surface area contributed by atoms with Gasteiger partial charge in [-0.1, -0.05) is 23.9 Å². The lowest BCUT2D eigenvalue weighted by atomic mass is 10.2. The molecular weight excluding hydrogens is 375 g/mol. The highest BCUT2D eigenvalue weighted by Crippen LogP contribution is 2.23. The topological polar surface area (TPSA) is 102 Å². The minimum Gasteiger partial charge on any atom is -0.394 e. The highest BCUT2D eigenvalue weighted by atomic mass is 32.2. The van der Waals surface area contributed by atoms with Crippen molar-refractivity contribution in [2.45, 2.75) is 17.8 Å². The number of aliphatic hydroxyl groups excluding tert-OH is 2. The van der Waals surface area contributed by atoms with Crippen LogP contribution in [0.5, 0.6) is 0 Å². The number of hydrogen-bond acceptors (Lipinski definition) is 6. The maximum absolute atomic E-state index is 13.2. The largest absolute Gasteiger partial charge is 0.394 e. The van der Waals surface area contributed by atoms with E-state index in [0.717, 1.165) is 21.9 Å². The molecule has 0 bridgehead atoms. The van der Waals surface area contributed by atoms with Crippen molar-refractivity contribution in [2.75, 3.05) is 12.4 Å². The molecule has 2 heterocycles. The number of benzene rings is 1. The van der Waals surface area contributed by atoms with Crippen molar-refractivity contribution in [3.05, 3.63) is 56.5 Å². The van der Waals surface area contributed by atoms with E-state index < -0.39 is 24.0 Å². The number of aliphatic hydroxyl groups is 2. The Bertz CT molecular complexity index is 1090. The van der Waals surface area contributed by atoms with Crippen LogP contribution in [0, 0.1) is 5.82 Å². The van der Waals surface area contributed by atoms with Crippen molar-refractivity contribution in [2.24, 2.45) is 14.1 Å². The highest BCUT2D eigenvalue weighted by Gasteiger charge is 2.20. The Morgan fingerprint density at radius 1 is 1.19 bits per heavy atom. The second-order valence-corrected chi connectivity index (χ2v) is 7.12. The lowest BCUT2D eigenvalue weighted by Crippen LogP contribution is -2.37. The van der Waals surface area contributed by atoms with Gasteiger partial charge in [0.05, 0.1) is 19.3 Å². The van der Waals surface area contributed by atoms with Gasteiger partial charge in [0.2, 0.25) is 0 Å². The van der Waals surface area contributed by atoms with Gasteiger partial charge in [-0.3, -0.25) is 13.9 Å². The van der Waals surface area contributed by atoms with E-state index in [4.69, 9.17) is 5.11 Å². The van der Waals surface area contributed by atoms with Gasteiger partial charge in [-0.25, -0.2) is 14.2 Å². The average molecular weight is 394 g/mol. The minimum absolute atomic E-state index is 0.164. The molecule has 3 rings (SSSR count). The fraction of sp³-hybridized carbons (Fsp3) is 0.353. The van der Waals surface area contributed by atoms with E-state index in [1.165, 1.54) is 30.8 Å². The Morgan fingerprint density at radius 3 is 2.48 bits per heavy atom. The summed E-state index contributed by atoms with van der Waals surface area (Å²) < 4.78 is 17.1. The Morgan fingerprint density at radius 2 is 1.85 bits per heavy atom. The molecule has 0 aliphatic rings. The molecule has 1 atom stereocenters. The first kappa shape index (κ1) is 19.3. The average Bonchev–Trinajstić information content (AvgIpc) is 3.02. The molecule has 0 aliphatic carbocycles. The molecule has 2 aromatic heterocycles. The van der Waals surface area contributed by atoms with Crippen LogP contribution in [0.1, 0.15) is 5.56 Å². The summed E-state index contributed by atoms with van der Waals surface area (Å²) in [6.45, 7) is -0.160. The molecule has 0 saturated heterocycles. The summed E-state index contributed by atoms with van der Waals surface area (Å²) in [5.41, 5.74) is 0.232. The normalized spacial score (nSPS) is 12.6. The van der Waals surface area contributed by atoms with Gasteiger partial charge in [0.15, 0.2) is 16.3 Å². The molecule has 27 heavy (non-hydrogen) atoms. The van der Waals surface area contributed by atoms with Crippen LogP contribution in [0.4, 0.5) is 4.39 Å². The molecule has 144 valence electrons. The molecule has 0 fully saturated rings. The molecule has 0 unspecified atom stereocenters. The summed E-state index contributed by atoms with van der Waals surface area (Å²) in [6.07, 6.45) is -0.944. The summed E-state index contributed by atoms with van der Waals surface area (Å²) in [4.78, 5) is 29.3. The number of thioether (sulfide) groups is 1. The Kier molecular flexibility index (Phi) is 5.49. The van der Waals surface area contributed by atoms with Crippen molar-refractivity contribution in [1.82, 2.24) is 18.7 Å². The molecular formula is C17H19FN4O4S. The molecule has 0 amide bonds. The molecule has 2 N–H and O–H groups in total. The van der Waals surface area contributed by atoms with Crippen LogP contribution in [0.25, 0.3) is 11.2 Å². The van der Waals surface area contributed by atoms with E-state index in [2.05, 4.69) is 4.98 Å². The molecule has 3 aromatic rings. The highest BCUT2D eigenvalue weighted by molar-refractivity contribution is 7.99. The fourth-order valence-corrected chi connectivity index (χ4v) is 3.59. The van der Waals surface area contributed by atoms with E-state index in [1.54, 1.807) is 16.7 Å². The summed E-state index contributed by atoms with van der Waals surface area (Å²) in [5, 5.41) is 19.1. The first-order valence-corrected chi connectivity index (χ1v) is 9.14. The Balaban J connectivity index is 2.18. The lowest BCUT2D eigenvalue weighted by Gasteiger charge is -2.11. The van der Waals surface area contributed by atoms with Crippen LogP contribution in [0.15, 0.2) is 39.0 Å².